The minimum absolute atomic E-state index is 0. The molecule has 0 saturated carbocycles. The van der Waals surface area contributed by atoms with Gasteiger partial charge in [-0.3, -0.25) is 4.90 Å². The van der Waals surface area contributed by atoms with Gasteiger partial charge in [-0.1, -0.05) is 11.6 Å². The van der Waals surface area contributed by atoms with Gasteiger partial charge in [0.05, 0.1) is 11.6 Å². The number of alkyl halides is 3. The van der Waals surface area contributed by atoms with Crippen LogP contribution in [0.3, 0.4) is 0 Å². The lowest BCUT2D eigenvalue weighted by Gasteiger charge is -2.35. The summed E-state index contributed by atoms with van der Waals surface area (Å²) in [5.41, 5.74) is 0.896. The van der Waals surface area contributed by atoms with Crippen LogP contribution in [0.5, 0.6) is 0 Å². The molecule has 1 aromatic heterocycles. The number of piperazine rings is 1. The standard InChI is InChI=1S/C16H16ClF3N2S.ClH/c17-14-8-12(7-13(9-14)16(18,19)20)15(11-1-6-23-10-11)22-4-2-21-3-5-22;/h1,6-10,15,21H,2-5H2;1H/t15-;/m0./s1. The first-order valence-corrected chi connectivity index (χ1v) is 8.62. The smallest absolute Gasteiger partial charge is 0.314 e. The molecule has 1 aliphatic heterocycles. The number of hydrogen-bond donors (Lipinski definition) is 1. The Kier molecular flexibility index (Phi) is 6.56. The molecule has 1 atom stereocenters. The van der Waals surface area contributed by atoms with E-state index in [4.69, 9.17) is 11.6 Å². The van der Waals surface area contributed by atoms with Crippen LogP contribution in [0, 0.1) is 0 Å². The zero-order chi connectivity index (χ0) is 16.4. The minimum atomic E-state index is -4.40. The summed E-state index contributed by atoms with van der Waals surface area (Å²) in [5, 5.41) is 7.32. The lowest BCUT2D eigenvalue weighted by Crippen LogP contribution is -2.45. The molecular formula is C16H17Cl2F3N2S. The summed E-state index contributed by atoms with van der Waals surface area (Å²) in [6.07, 6.45) is -4.40. The molecule has 2 aromatic rings. The van der Waals surface area contributed by atoms with Crippen LogP contribution in [0.4, 0.5) is 13.2 Å². The van der Waals surface area contributed by atoms with Crippen LogP contribution in [-0.2, 0) is 6.18 Å². The Morgan fingerprint density at radius 3 is 2.42 bits per heavy atom. The van der Waals surface area contributed by atoms with E-state index in [1.807, 2.05) is 16.8 Å². The molecule has 1 saturated heterocycles. The van der Waals surface area contributed by atoms with Crippen LogP contribution in [0.2, 0.25) is 5.02 Å². The van der Waals surface area contributed by atoms with E-state index >= 15 is 0 Å². The summed E-state index contributed by atoms with van der Waals surface area (Å²) in [6, 6.07) is 5.60. The Hall–Kier alpha value is -0.790. The largest absolute Gasteiger partial charge is 0.416 e. The molecule has 2 heterocycles. The molecule has 24 heavy (non-hydrogen) atoms. The van der Waals surface area contributed by atoms with Gasteiger partial charge in [-0.15, -0.1) is 12.4 Å². The summed E-state index contributed by atoms with van der Waals surface area (Å²) >= 11 is 7.52. The van der Waals surface area contributed by atoms with Crippen LogP contribution in [0.1, 0.15) is 22.7 Å². The maximum absolute atomic E-state index is 13.1. The summed E-state index contributed by atoms with van der Waals surface area (Å²) < 4.78 is 39.3. The van der Waals surface area contributed by atoms with Gasteiger partial charge in [-0.2, -0.15) is 24.5 Å². The third kappa shape index (κ3) is 4.43. The molecule has 1 aliphatic rings. The predicted molar refractivity (Wildman–Crippen MR) is 94.3 cm³/mol. The minimum Gasteiger partial charge on any atom is -0.314 e. The van der Waals surface area contributed by atoms with Gasteiger partial charge in [0.2, 0.25) is 0 Å². The fourth-order valence-electron chi connectivity index (χ4n) is 2.92. The van der Waals surface area contributed by atoms with E-state index in [2.05, 4.69) is 10.2 Å². The van der Waals surface area contributed by atoms with Gasteiger partial charge in [-0.25, -0.2) is 0 Å². The Labute approximate surface area is 154 Å². The van der Waals surface area contributed by atoms with Gasteiger partial charge < -0.3 is 5.32 Å². The molecule has 132 valence electrons. The topological polar surface area (TPSA) is 15.3 Å². The molecule has 0 aliphatic carbocycles. The van der Waals surface area contributed by atoms with E-state index < -0.39 is 11.7 Å². The monoisotopic (exact) mass is 396 g/mol. The van der Waals surface area contributed by atoms with Gasteiger partial charge in [0.1, 0.15) is 0 Å². The highest BCUT2D eigenvalue weighted by atomic mass is 35.5. The van der Waals surface area contributed by atoms with E-state index in [0.717, 1.165) is 37.8 Å². The SMILES string of the molecule is Cl.FC(F)(F)c1cc(Cl)cc([C@H](c2ccsc2)N2CCNCC2)c1. The molecule has 8 heteroatoms. The molecule has 0 amide bonds. The second kappa shape index (κ2) is 8.06. The van der Waals surface area contributed by atoms with E-state index in [-0.39, 0.29) is 23.5 Å². The highest BCUT2D eigenvalue weighted by Gasteiger charge is 2.33. The van der Waals surface area contributed by atoms with Crippen LogP contribution < -0.4 is 5.32 Å². The summed E-state index contributed by atoms with van der Waals surface area (Å²) in [6.45, 7) is 3.23. The van der Waals surface area contributed by atoms with Crippen molar-refractivity contribution in [2.45, 2.75) is 12.2 Å². The maximum Gasteiger partial charge on any atom is 0.416 e. The first-order valence-electron chi connectivity index (χ1n) is 7.30. The number of benzene rings is 1. The lowest BCUT2D eigenvalue weighted by molar-refractivity contribution is -0.137. The van der Waals surface area contributed by atoms with Gasteiger partial charge in [0.15, 0.2) is 0 Å². The molecule has 2 nitrogen and oxygen atoms in total. The second-order valence-corrected chi connectivity index (χ2v) is 6.73. The van der Waals surface area contributed by atoms with Crippen molar-refractivity contribution in [2.75, 3.05) is 26.2 Å². The Morgan fingerprint density at radius 1 is 1.12 bits per heavy atom. The average Bonchev–Trinajstić information content (AvgIpc) is 3.01. The van der Waals surface area contributed by atoms with Gasteiger partial charge in [0, 0.05) is 31.2 Å². The first-order chi connectivity index (χ1) is 10.9. The van der Waals surface area contributed by atoms with Gasteiger partial charge in [0.25, 0.3) is 0 Å². The molecule has 0 radical (unpaired) electrons. The Balaban J connectivity index is 0.00000208. The summed E-state index contributed by atoms with van der Waals surface area (Å²) in [5.74, 6) is 0. The molecule has 1 fully saturated rings. The third-order valence-corrected chi connectivity index (χ3v) is 4.86. The quantitative estimate of drug-likeness (QED) is 0.798. The van der Waals surface area contributed by atoms with Crippen molar-refractivity contribution in [3.8, 4) is 0 Å². The average molecular weight is 397 g/mol. The molecular weight excluding hydrogens is 380 g/mol. The highest BCUT2D eigenvalue weighted by Crippen LogP contribution is 2.37. The second-order valence-electron chi connectivity index (χ2n) is 5.52. The van der Waals surface area contributed by atoms with Crippen LogP contribution in [0.25, 0.3) is 0 Å². The zero-order valence-electron chi connectivity index (χ0n) is 12.6. The van der Waals surface area contributed by atoms with Crippen molar-refractivity contribution in [3.63, 3.8) is 0 Å². The van der Waals surface area contributed by atoms with Gasteiger partial charge in [-0.05, 0) is 46.2 Å². The first kappa shape index (κ1) is 19.5. The number of rotatable bonds is 3. The van der Waals surface area contributed by atoms with Crippen LogP contribution in [-0.4, -0.2) is 31.1 Å². The number of halogens is 5. The van der Waals surface area contributed by atoms with E-state index in [0.29, 0.717) is 5.56 Å². The number of thiophene rings is 1. The van der Waals surface area contributed by atoms with E-state index in [9.17, 15) is 13.2 Å². The van der Waals surface area contributed by atoms with Crippen molar-refractivity contribution in [3.05, 3.63) is 56.7 Å². The molecule has 0 unspecified atom stereocenters. The number of hydrogen-bond acceptors (Lipinski definition) is 3. The maximum atomic E-state index is 13.1. The lowest BCUT2D eigenvalue weighted by atomic mass is 9.97. The normalized spacial score (nSPS) is 17.3. The van der Waals surface area contributed by atoms with Crippen molar-refractivity contribution in [2.24, 2.45) is 0 Å². The molecule has 1 N–H and O–H groups in total. The fraction of sp³-hybridized carbons (Fsp3) is 0.375. The van der Waals surface area contributed by atoms with Crippen LogP contribution in [0.15, 0.2) is 35.0 Å². The van der Waals surface area contributed by atoms with E-state index in [1.54, 1.807) is 17.4 Å². The van der Waals surface area contributed by atoms with Crippen molar-refractivity contribution in [1.82, 2.24) is 10.2 Å². The third-order valence-electron chi connectivity index (χ3n) is 3.94. The summed E-state index contributed by atoms with van der Waals surface area (Å²) in [7, 11) is 0. The molecule has 0 spiro atoms. The molecule has 1 aromatic carbocycles. The highest BCUT2D eigenvalue weighted by molar-refractivity contribution is 7.08. The zero-order valence-corrected chi connectivity index (χ0v) is 15.0. The summed E-state index contributed by atoms with van der Waals surface area (Å²) in [4.78, 5) is 2.20. The van der Waals surface area contributed by atoms with Crippen molar-refractivity contribution >= 4 is 35.3 Å². The Morgan fingerprint density at radius 2 is 1.83 bits per heavy atom. The fourth-order valence-corrected chi connectivity index (χ4v) is 3.84. The molecule has 0 bridgehead atoms. The predicted octanol–water partition coefficient (Wildman–Crippen LogP) is 4.84. The van der Waals surface area contributed by atoms with Gasteiger partial charge >= 0.3 is 6.18 Å². The van der Waals surface area contributed by atoms with E-state index in [1.165, 1.54) is 6.07 Å². The number of nitrogens with zero attached hydrogens (tertiary/aromatic N) is 1. The molecule has 3 rings (SSSR count). The Bertz CT molecular complexity index is 656. The van der Waals surface area contributed by atoms with Crippen LogP contribution >= 0.6 is 35.3 Å². The van der Waals surface area contributed by atoms with Crippen molar-refractivity contribution in [1.29, 1.82) is 0 Å². The van der Waals surface area contributed by atoms with Crippen molar-refractivity contribution < 1.29 is 13.2 Å². The number of nitrogens with one attached hydrogen (secondary N) is 1.